The molecule has 1 N–H and O–H groups in total. The molecule has 1 saturated carbocycles. The van der Waals surface area contributed by atoms with Crippen LogP contribution in [0.3, 0.4) is 0 Å². The van der Waals surface area contributed by atoms with Crippen LogP contribution in [0.1, 0.15) is 54.6 Å². The molecule has 0 saturated heterocycles. The van der Waals surface area contributed by atoms with Crippen molar-refractivity contribution in [1.29, 1.82) is 1.43 Å². The van der Waals surface area contributed by atoms with Crippen LogP contribution in [-0.2, 0) is 4.89 Å². The molecule has 14 heavy (non-hydrogen) atoms. The highest BCUT2D eigenvalue weighted by Crippen LogP contribution is 2.28. The van der Waals surface area contributed by atoms with Crippen LogP contribution < -0.4 is 0 Å². The summed E-state index contributed by atoms with van der Waals surface area (Å²) in [6.45, 7) is 1.45. The van der Waals surface area contributed by atoms with Gasteiger partial charge in [0.15, 0.2) is 0 Å². The monoisotopic (exact) mass is 201 g/mol. The molecule has 0 aromatic carbocycles. The van der Waals surface area contributed by atoms with E-state index in [9.17, 15) is 0 Å². The lowest BCUT2D eigenvalue weighted by atomic mass is 9.85. The van der Waals surface area contributed by atoms with Crippen molar-refractivity contribution in [2.45, 2.75) is 58.0 Å². The highest BCUT2D eigenvalue weighted by atomic mass is 17.1. The SMILES string of the molecule is [2H]OOC(CCC1CCCCC1)C(C)=C([2H])[2H]. The maximum absolute atomic E-state index is 7.26. The Bertz CT molecular complexity index is 246. The minimum absolute atomic E-state index is 0.240. The molecule has 2 heteroatoms. The minimum atomic E-state index is -0.417. The van der Waals surface area contributed by atoms with E-state index in [1.807, 2.05) is 0 Å². The lowest BCUT2D eigenvalue weighted by molar-refractivity contribution is -0.270. The van der Waals surface area contributed by atoms with Crippen molar-refractivity contribution in [3.63, 3.8) is 0 Å². The fourth-order valence-corrected chi connectivity index (χ4v) is 2.20. The van der Waals surface area contributed by atoms with Gasteiger partial charge in [-0.1, -0.05) is 38.6 Å². The van der Waals surface area contributed by atoms with Crippen LogP contribution in [0, 0.1) is 5.92 Å². The molecule has 0 heterocycles. The van der Waals surface area contributed by atoms with Crippen molar-refractivity contribution in [2.75, 3.05) is 0 Å². The molecule has 0 aromatic rings. The van der Waals surface area contributed by atoms with Gasteiger partial charge in [-0.25, -0.2) is 4.89 Å². The third kappa shape index (κ3) is 3.81. The van der Waals surface area contributed by atoms with Crippen molar-refractivity contribution in [3.05, 3.63) is 12.1 Å². The van der Waals surface area contributed by atoms with E-state index in [1.54, 1.807) is 6.92 Å². The van der Waals surface area contributed by atoms with E-state index in [0.29, 0.717) is 5.57 Å². The fraction of sp³-hybridized carbons (Fsp3) is 0.833. The van der Waals surface area contributed by atoms with Gasteiger partial charge >= 0.3 is 0 Å². The maximum atomic E-state index is 7.26. The van der Waals surface area contributed by atoms with E-state index < -0.39 is 6.10 Å². The molecule has 1 aliphatic rings. The van der Waals surface area contributed by atoms with Crippen molar-refractivity contribution in [3.8, 4) is 0 Å². The predicted molar refractivity (Wildman–Crippen MR) is 58.1 cm³/mol. The molecule has 82 valence electrons. The molecular formula is C12H22O2. The van der Waals surface area contributed by atoms with Gasteiger partial charge in [-0.05, 0) is 31.3 Å². The van der Waals surface area contributed by atoms with Gasteiger partial charge in [-0.3, -0.25) is 5.26 Å². The molecule has 0 bridgehead atoms. The van der Waals surface area contributed by atoms with Gasteiger partial charge in [0.25, 0.3) is 1.43 Å². The second-order valence-corrected chi connectivity index (χ2v) is 4.35. The van der Waals surface area contributed by atoms with Crippen molar-refractivity contribution < 1.29 is 12.9 Å². The molecule has 1 atom stereocenters. The Morgan fingerprint density at radius 3 is 3.07 bits per heavy atom. The summed E-state index contributed by atoms with van der Waals surface area (Å²) >= 11 is 0. The van der Waals surface area contributed by atoms with Crippen molar-refractivity contribution in [2.24, 2.45) is 5.92 Å². The predicted octanol–water partition coefficient (Wildman–Crippen LogP) is 3.78. The van der Waals surface area contributed by atoms with E-state index in [2.05, 4.69) is 5.26 Å². The van der Waals surface area contributed by atoms with Gasteiger partial charge in [-0.2, -0.15) is 0 Å². The summed E-state index contributed by atoms with van der Waals surface area (Å²) in [5.41, 5.74) is 0.535. The zero-order valence-corrected chi connectivity index (χ0v) is 8.92. The van der Waals surface area contributed by atoms with Gasteiger partial charge in [0.05, 0.1) is 2.74 Å². The number of hydrogen-bond acceptors (Lipinski definition) is 2. The van der Waals surface area contributed by atoms with Crippen LogP contribution in [-0.4, -0.2) is 11.4 Å². The summed E-state index contributed by atoms with van der Waals surface area (Å²) in [6.07, 6.45) is 7.84. The summed E-state index contributed by atoms with van der Waals surface area (Å²) < 4.78 is 21.2. The third-order valence-electron chi connectivity index (χ3n) is 3.16. The van der Waals surface area contributed by atoms with Gasteiger partial charge in [-0.15, -0.1) is 0 Å². The summed E-state index contributed by atoms with van der Waals surface area (Å²) in [6, 6.07) is 0. The first-order valence-corrected chi connectivity index (χ1v) is 5.57. The van der Waals surface area contributed by atoms with E-state index in [0.717, 1.165) is 18.8 Å². The van der Waals surface area contributed by atoms with Gasteiger partial charge < -0.3 is 0 Å². The van der Waals surface area contributed by atoms with Gasteiger partial charge in [0.2, 0.25) is 0 Å². The molecule has 0 aromatic heterocycles. The summed E-state index contributed by atoms with van der Waals surface area (Å²) in [4.78, 5) is 4.82. The maximum Gasteiger partial charge on any atom is 0.255 e. The second-order valence-electron chi connectivity index (χ2n) is 4.35. The molecular weight excluding hydrogens is 176 g/mol. The van der Waals surface area contributed by atoms with Crippen molar-refractivity contribution in [1.82, 2.24) is 0 Å². The van der Waals surface area contributed by atoms with Crippen LogP contribution in [0.25, 0.3) is 1.43 Å². The largest absolute Gasteiger partial charge is 0.255 e. The van der Waals surface area contributed by atoms with Crippen LogP contribution in [0.2, 0.25) is 0 Å². The van der Waals surface area contributed by atoms with E-state index in [1.165, 1.54) is 32.1 Å². The first kappa shape index (κ1) is 7.89. The molecule has 0 spiro atoms. The average Bonchev–Trinajstić information content (AvgIpc) is 2.34. The zero-order valence-electron chi connectivity index (χ0n) is 11.9. The van der Waals surface area contributed by atoms with Gasteiger partial charge in [0.1, 0.15) is 6.10 Å². The van der Waals surface area contributed by atoms with E-state index >= 15 is 0 Å². The van der Waals surface area contributed by atoms with E-state index in [4.69, 9.17) is 9.06 Å². The molecule has 0 radical (unpaired) electrons. The molecule has 0 amide bonds. The average molecular weight is 201 g/mol. The Morgan fingerprint density at radius 2 is 2.43 bits per heavy atom. The van der Waals surface area contributed by atoms with Crippen LogP contribution in [0.5, 0.6) is 0 Å². The zero-order chi connectivity index (χ0) is 12.7. The van der Waals surface area contributed by atoms with Crippen LogP contribution in [0.15, 0.2) is 12.1 Å². The normalized spacial score (nSPS) is 23.4. The lowest BCUT2D eigenvalue weighted by Gasteiger charge is -2.23. The lowest BCUT2D eigenvalue weighted by Crippen LogP contribution is -2.15. The Kier molecular flexibility index (Phi) is 3.49. The molecule has 1 rings (SSSR count). The molecule has 1 unspecified atom stereocenters. The smallest absolute Gasteiger partial charge is 0.251 e. The Balaban J connectivity index is 2.40. The quantitative estimate of drug-likeness (QED) is 0.402. The Labute approximate surface area is 91.2 Å². The van der Waals surface area contributed by atoms with Crippen LogP contribution in [0.4, 0.5) is 0 Å². The summed E-state index contributed by atoms with van der Waals surface area (Å²) in [5, 5.41) is 3.96. The first-order valence-electron chi connectivity index (χ1n) is 6.98. The summed E-state index contributed by atoms with van der Waals surface area (Å²) in [5.74, 6) is 0.730. The standard InChI is InChI=1S/C12H22O2/c1-10(2)12(14-13)9-8-11-6-4-3-5-7-11/h11-13H,1,3-9H2,2H3/i1D2/hD. The highest BCUT2D eigenvalue weighted by molar-refractivity contribution is 4.97. The van der Waals surface area contributed by atoms with Gasteiger partial charge in [0, 0.05) is 0 Å². The van der Waals surface area contributed by atoms with Crippen molar-refractivity contribution >= 4 is 0 Å². The molecule has 1 aliphatic carbocycles. The first-order chi connectivity index (χ1) is 8.15. The van der Waals surface area contributed by atoms with Crippen LogP contribution >= 0.6 is 0 Å². The topological polar surface area (TPSA) is 29.5 Å². The minimum Gasteiger partial charge on any atom is -0.251 e. The second kappa shape index (κ2) is 6.20. The highest BCUT2D eigenvalue weighted by Gasteiger charge is 2.16. The summed E-state index contributed by atoms with van der Waals surface area (Å²) in [7, 11) is 0. The molecule has 0 aliphatic heterocycles. The Morgan fingerprint density at radius 1 is 1.64 bits per heavy atom. The molecule has 2 nitrogen and oxygen atoms in total. The molecule has 1 fully saturated rings. The Hall–Kier alpha value is -0.340. The van der Waals surface area contributed by atoms with E-state index in [-0.39, 0.29) is 6.53 Å². The third-order valence-corrected chi connectivity index (χ3v) is 3.16. The number of hydrogen-bond donors (Lipinski definition) is 1. The number of rotatable bonds is 6. The fourth-order valence-electron chi connectivity index (χ4n) is 2.20.